The summed E-state index contributed by atoms with van der Waals surface area (Å²) in [6.07, 6.45) is 7.66. The molecule has 0 aromatic rings. The van der Waals surface area contributed by atoms with Gasteiger partial charge in [0.05, 0.1) is 25.6 Å². The molecule has 0 spiro atoms. The first kappa shape index (κ1) is 21.1. The molecule has 2 amide bonds. The second kappa shape index (κ2) is 8.02. The molecular weight excluding hydrogens is 352 g/mol. The summed E-state index contributed by atoms with van der Waals surface area (Å²) < 4.78 is 0. The van der Waals surface area contributed by atoms with Crippen molar-refractivity contribution in [2.24, 2.45) is 17.8 Å². The van der Waals surface area contributed by atoms with Gasteiger partial charge in [-0.15, -0.1) is 0 Å². The molecule has 4 aliphatic rings. The first-order valence-electron chi connectivity index (χ1n) is 10.8. The summed E-state index contributed by atoms with van der Waals surface area (Å²) in [5, 5.41) is 12.1. The zero-order valence-electron chi connectivity index (χ0n) is 18.0. The third-order valence-corrected chi connectivity index (χ3v) is 6.66. The van der Waals surface area contributed by atoms with Crippen molar-refractivity contribution in [3.05, 3.63) is 0 Å². The highest BCUT2D eigenvalue weighted by atomic mass is 16.2. The maximum absolute atomic E-state index is 13.3. The van der Waals surface area contributed by atoms with Crippen molar-refractivity contribution in [3.63, 3.8) is 0 Å². The van der Waals surface area contributed by atoms with E-state index in [0.29, 0.717) is 13.0 Å². The molecule has 4 saturated carbocycles. The Hall–Kier alpha value is -1.61. The second-order valence-electron chi connectivity index (χ2n) is 10.6. The van der Waals surface area contributed by atoms with E-state index in [2.05, 4.69) is 11.4 Å². The summed E-state index contributed by atoms with van der Waals surface area (Å²) in [4.78, 5) is 29.3. The van der Waals surface area contributed by atoms with Crippen LogP contribution < -0.4 is 5.32 Å². The van der Waals surface area contributed by atoms with Crippen LogP contribution in [0.4, 0.5) is 0 Å². The van der Waals surface area contributed by atoms with Crippen molar-refractivity contribution >= 4 is 11.8 Å². The molecule has 28 heavy (non-hydrogen) atoms. The first-order chi connectivity index (χ1) is 13.1. The lowest BCUT2D eigenvalue weighted by atomic mass is 9.52. The van der Waals surface area contributed by atoms with Gasteiger partial charge in [0, 0.05) is 17.6 Å². The zero-order valence-corrected chi connectivity index (χ0v) is 18.0. The molecule has 0 aromatic carbocycles. The summed E-state index contributed by atoms with van der Waals surface area (Å²) in [7, 11) is 1.82. The Balaban J connectivity index is 1.66. The molecule has 6 nitrogen and oxygen atoms in total. The molecule has 4 bridgehead atoms. The molecule has 4 aliphatic carbocycles. The molecular formula is C22H36N4O2. The van der Waals surface area contributed by atoms with E-state index >= 15 is 0 Å². The van der Waals surface area contributed by atoms with E-state index < -0.39 is 0 Å². The van der Waals surface area contributed by atoms with Gasteiger partial charge in [0.15, 0.2) is 0 Å². The van der Waals surface area contributed by atoms with Crippen LogP contribution in [0.3, 0.4) is 0 Å². The normalized spacial score (nSPS) is 30.9. The highest BCUT2D eigenvalue weighted by Crippen LogP contribution is 2.57. The number of nitrogens with zero attached hydrogens (tertiary/aromatic N) is 3. The van der Waals surface area contributed by atoms with Crippen LogP contribution in [0.25, 0.3) is 0 Å². The van der Waals surface area contributed by atoms with Crippen LogP contribution in [0.15, 0.2) is 0 Å². The number of likely N-dealkylation sites (N-methyl/N-ethyl adjacent to an activating group) is 1. The summed E-state index contributed by atoms with van der Waals surface area (Å²) in [5.74, 6) is 2.25. The number of carbonyl (C=O) groups excluding carboxylic acids is 2. The third kappa shape index (κ3) is 4.86. The number of nitrogens with one attached hydrogen (secondary N) is 1. The predicted octanol–water partition coefficient (Wildman–Crippen LogP) is 2.54. The van der Waals surface area contributed by atoms with Crippen LogP contribution in [0.2, 0.25) is 0 Å². The van der Waals surface area contributed by atoms with Crippen molar-refractivity contribution in [1.82, 2.24) is 15.1 Å². The molecule has 0 saturated heterocycles. The Kier molecular flexibility index (Phi) is 6.05. The van der Waals surface area contributed by atoms with Crippen molar-refractivity contribution in [1.29, 1.82) is 5.26 Å². The number of hydrogen-bond donors (Lipinski definition) is 1. The van der Waals surface area contributed by atoms with E-state index in [1.54, 1.807) is 4.90 Å². The number of hydrogen-bond acceptors (Lipinski definition) is 4. The highest BCUT2D eigenvalue weighted by Gasteiger charge is 2.54. The molecule has 0 unspecified atom stereocenters. The van der Waals surface area contributed by atoms with Gasteiger partial charge in [-0.1, -0.05) is 0 Å². The van der Waals surface area contributed by atoms with Crippen LogP contribution >= 0.6 is 0 Å². The fourth-order valence-corrected chi connectivity index (χ4v) is 6.26. The van der Waals surface area contributed by atoms with Crippen molar-refractivity contribution in [2.45, 2.75) is 76.8 Å². The van der Waals surface area contributed by atoms with Crippen LogP contribution in [-0.4, -0.2) is 59.4 Å². The Morgan fingerprint density at radius 1 is 1.07 bits per heavy atom. The van der Waals surface area contributed by atoms with E-state index in [0.717, 1.165) is 37.0 Å². The molecule has 0 heterocycles. The number of amides is 2. The van der Waals surface area contributed by atoms with Gasteiger partial charge in [-0.2, -0.15) is 5.26 Å². The SMILES string of the molecule is CN(CC(=O)NC(C)(C)C)CC(=O)N(CCC#N)C12CC3CC(CC(C3)C1)C2. The fraction of sp³-hybridized carbons (Fsp3) is 0.864. The minimum atomic E-state index is -0.278. The third-order valence-electron chi connectivity index (χ3n) is 6.66. The topological polar surface area (TPSA) is 76.4 Å². The van der Waals surface area contributed by atoms with Gasteiger partial charge in [0.1, 0.15) is 0 Å². The molecule has 0 aliphatic heterocycles. The monoisotopic (exact) mass is 388 g/mol. The summed E-state index contributed by atoms with van der Waals surface area (Å²) >= 11 is 0. The average molecular weight is 389 g/mol. The smallest absolute Gasteiger partial charge is 0.237 e. The summed E-state index contributed by atoms with van der Waals surface area (Å²) in [6.45, 7) is 6.80. The van der Waals surface area contributed by atoms with E-state index in [1.165, 1.54) is 19.3 Å². The molecule has 156 valence electrons. The standard InChI is InChI=1S/C22H36N4O2/c1-21(2,3)24-19(27)14-25(4)15-20(28)26(7-5-6-23)22-11-16-8-17(12-22)10-18(9-16)13-22/h16-18H,5,7-15H2,1-4H3,(H,24,27). The number of rotatable bonds is 7. The molecule has 6 heteroatoms. The zero-order chi connectivity index (χ0) is 20.5. The highest BCUT2D eigenvalue weighted by molar-refractivity contribution is 5.82. The fourth-order valence-electron chi connectivity index (χ4n) is 6.26. The van der Waals surface area contributed by atoms with Gasteiger partial charge >= 0.3 is 0 Å². The predicted molar refractivity (Wildman–Crippen MR) is 108 cm³/mol. The minimum absolute atomic E-state index is 0.0445. The van der Waals surface area contributed by atoms with Gasteiger partial charge < -0.3 is 10.2 Å². The van der Waals surface area contributed by atoms with Crippen LogP contribution in [0, 0.1) is 29.1 Å². The molecule has 0 aromatic heterocycles. The van der Waals surface area contributed by atoms with Crippen molar-refractivity contribution in [3.8, 4) is 6.07 Å². The van der Waals surface area contributed by atoms with Gasteiger partial charge in [0.2, 0.25) is 11.8 Å². The quantitative estimate of drug-likeness (QED) is 0.727. The van der Waals surface area contributed by atoms with Crippen LogP contribution in [0.5, 0.6) is 0 Å². The van der Waals surface area contributed by atoms with Gasteiger partial charge in [-0.3, -0.25) is 14.5 Å². The summed E-state index contributed by atoms with van der Waals surface area (Å²) in [5.41, 5.74) is -0.322. The van der Waals surface area contributed by atoms with Crippen molar-refractivity contribution < 1.29 is 9.59 Å². The molecule has 0 radical (unpaired) electrons. The largest absolute Gasteiger partial charge is 0.350 e. The Morgan fingerprint density at radius 3 is 2.07 bits per heavy atom. The van der Waals surface area contributed by atoms with E-state index in [-0.39, 0.29) is 36.0 Å². The van der Waals surface area contributed by atoms with Crippen LogP contribution in [-0.2, 0) is 9.59 Å². The second-order valence-corrected chi connectivity index (χ2v) is 10.6. The lowest BCUT2D eigenvalue weighted by Crippen LogP contribution is -2.62. The van der Waals surface area contributed by atoms with Crippen LogP contribution in [0.1, 0.15) is 65.7 Å². The first-order valence-corrected chi connectivity index (χ1v) is 10.8. The molecule has 4 rings (SSSR count). The Morgan fingerprint density at radius 2 is 1.61 bits per heavy atom. The lowest BCUT2D eigenvalue weighted by molar-refractivity contribution is -0.151. The number of nitriles is 1. The maximum atomic E-state index is 13.3. The number of carbonyl (C=O) groups is 2. The Bertz CT molecular complexity index is 611. The lowest BCUT2D eigenvalue weighted by Gasteiger charge is -2.60. The van der Waals surface area contributed by atoms with E-state index in [4.69, 9.17) is 5.26 Å². The van der Waals surface area contributed by atoms with Gasteiger partial charge in [0.25, 0.3) is 0 Å². The van der Waals surface area contributed by atoms with Crippen molar-refractivity contribution in [2.75, 3.05) is 26.7 Å². The minimum Gasteiger partial charge on any atom is -0.350 e. The summed E-state index contributed by atoms with van der Waals surface area (Å²) in [6, 6.07) is 2.22. The van der Waals surface area contributed by atoms with E-state index in [1.807, 2.05) is 32.7 Å². The Labute approximate surface area is 169 Å². The van der Waals surface area contributed by atoms with Gasteiger partial charge in [-0.05, 0) is 84.1 Å². The van der Waals surface area contributed by atoms with E-state index in [9.17, 15) is 9.59 Å². The molecule has 1 N–H and O–H groups in total. The molecule has 0 atom stereocenters. The van der Waals surface area contributed by atoms with Gasteiger partial charge in [-0.25, -0.2) is 0 Å². The maximum Gasteiger partial charge on any atom is 0.237 e. The molecule has 4 fully saturated rings. The average Bonchev–Trinajstić information content (AvgIpc) is 2.51.